The lowest BCUT2D eigenvalue weighted by atomic mass is 10.5. The van der Waals surface area contributed by atoms with Crippen LogP contribution in [0, 0.1) is 11.8 Å². The Kier molecular flexibility index (Phi) is 4.03. The number of hydrogen-bond donors (Lipinski definition) is 2. The van der Waals surface area contributed by atoms with Gasteiger partial charge in [-0.15, -0.1) is 5.10 Å². The van der Waals surface area contributed by atoms with E-state index in [4.69, 9.17) is 5.11 Å². The molecule has 0 fully saturated rings. The van der Waals surface area contributed by atoms with Crippen molar-refractivity contribution < 1.29 is 14.7 Å². The maximum absolute atomic E-state index is 10.9. The lowest BCUT2D eigenvalue weighted by molar-refractivity contribution is -0.115. The molecule has 1 rings (SSSR count). The zero-order valence-corrected chi connectivity index (χ0v) is 8.60. The highest BCUT2D eigenvalue weighted by molar-refractivity contribution is 5.93. The fraction of sp³-hybridized carbons (Fsp3) is 0.333. The Bertz CT molecular complexity index is 455. The van der Waals surface area contributed by atoms with Gasteiger partial charge in [0.25, 0.3) is 5.91 Å². The number of carboxylic acid groups (broad SMARTS) is 1. The standard InChI is InChI=1S/C9H10N4O3/c1-2-3-8(14)10-4-5-13-6-7(9(15)16)11-12-13/h6H,4-5H2,1H3,(H,10,14)(H,15,16). The molecule has 0 aliphatic carbocycles. The van der Waals surface area contributed by atoms with Gasteiger partial charge in [-0.2, -0.15) is 0 Å². The van der Waals surface area contributed by atoms with Gasteiger partial charge in [-0.05, 0) is 12.8 Å². The molecule has 0 saturated heterocycles. The molecular weight excluding hydrogens is 212 g/mol. The van der Waals surface area contributed by atoms with E-state index < -0.39 is 5.97 Å². The van der Waals surface area contributed by atoms with Crippen LogP contribution in [0.4, 0.5) is 0 Å². The number of aromatic nitrogens is 3. The second kappa shape index (κ2) is 5.50. The molecule has 1 aromatic heterocycles. The second-order valence-electron chi connectivity index (χ2n) is 2.80. The Morgan fingerprint density at radius 2 is 2.38 bits per heavy atom. The Morgan fingerprint density at radius 3 is 2.94 bits per heavy atom. The monoisotopic (exact) mass is 222 g/mol. The first-order chi connectivity index (χ1) is 7.63. The quantitative estimate of drug-likeness (QED) is 0.644. The van der Waals surface area contributed by atoms with Crippen molar-refractivity contribution in [3.05, 3.63) is 11.9 Å². The number of hydrogen-bond acceptors (Lipinski definition) is 4. The van der Waals surface area contributed by atoms with Crippen LogP contribution in [0.15, 0.2) is 6.20 Å². The van der Waals surface area contributed by atoms with Crippen LogP contribution in [0.5, 0.6) is 0 Å². The maximum atomic E-state index is 10.9. The van der Waals surface area contributed by atoms with Crippen molar-refractivity contribution in [1.29, 1.82) is 0 Å². The summed E-state index contributed by atoms with van der Waals surface area (Å²) in [4.78, 5) is 21.4. The molecule has 84 valence electrons. The molecule has 1 aromatic rings. The van der Waals surface area contributed by atoms with E-state index in [0.717, 1.165) is 0 Å². The van der Waals surface area contributed by atoms with Gasteiger partial charge in [-0.25, -0.2) is 9.48 Å². The highest BCUT2D eigenvalue weighted by Crippen LogP contribution is 1.91. The average molecular weight is 222 g/mol. The number of aromatic carboxylic acids is 1. The van der Waals surface area contributed by atoms with Crippen LogP contribution in [0.2, 0.25) is 0 Å². The molecule has 0 spiro atoms. The molecule has 0 saturated carbocycles. The molecule has 0 atom stereocenters. The predicted molar refractivity (Wildman–Crippen MR) is 53.4 cm³/mol. The molecule has 7 nitrogen and oxygen atoms in total. The zero-order chi connectivity index (χ0) is 12.0. The summed E-state index contributed by atoms with van der Waals surface area (Å²) in [5.41, 5.74) is -0.125. The Hall–Kier alpha value is -2.36. The molecular formula is C9H10N4O3. The van der Waals surface area contributed by atoms with Crippen LogP contribution in [0.3, 0.4) is 0 Å². The maximum Gasteiger partial charge on any atom is 0.358 e. The zero-order valence-electron chi connectivity index (χ0n) is 8.60. The number of carboxylic acids is 1. The van der Waals surface area contributed by atoms with Gasteiger partial charge in [0, 0.05) is 6.54 Å². The van der Waals surface area contributed by atoms with E-state index in [2.05, 4.69) is 27.5 Å². The summed E-state index contributed by atoms with van der Waals surface area (Å²) in [5.74, 6) is 3.27. The fourth-order valence-electron chi connectivity index (χ4n) is 0.947. The third kappa shape index (κ3) is 3.42. The van der Waals surface area contributed by atoms with Gasteiger partial charge >= 0.3 is 5.97 Å². The summed E-state index contributed by atoms with van der Waals surface area (Å²) in [6, 6.07) is 0. The minimum atomic E-state index is -1.13. The van der Waals surface area contributed by atoms with Gasteiger partial charge < -0.3 is 10.4 Å². The minimum absolute atomic E-state index is 0.125. The van der Waals surface area contributed by atoms with Crippen molar-refractivity contribution in [1.82, 2.24) is 20.3 Å². The van der Waals surface area contributed by atoms with Crippen molar-refractivity contribution in [3.8, 4) is 11.8 Å². The second-order valence-corrected chi connectivity index (χ2v) is 2.80. The van der Waals surface area contributed by atoms with E-state index in [-0.39, 0.29) is 11.6 Å². The van der Waals surface area contributed by atoms with E-state index in [0.29, 0.717) is 13.1 Å². The number of nitrogens with one attached hydrogen (secondary N) is 1. The smallest absolute Gasteiger partial charge is 0.358 e. The first-order valence-corrected chi connectivity index (χ1v) is 4.47. The third-order valence-corrected chi connectivity index (χ3v) is 1.62. The van der Waals surface area contributed by atoms with Crippen LogP contribution in [-0.2, 0) is 11.3 Å². The summed E-state index contributed by atoms with van der Waals surface area (Å²) in [5, 5.41) is 18.1. The van der Waals surface area contributed by atoms with E-state index in [1.807, 2.05) is 0 Å². The van der Waals surface area contributed by atoms with Crippen molar-refractivity contribution in [2.24, 2.45) is 0 Å². The molecule has 0 aromatic carbocycles. The highest BCUT2D eigenvalue weighted by Gasteiger charge is 2.07. The molecule has 0 aliphatic heterocycles. The van der Waals surface area contributed by atoms with Crippen LogP contribution in [0.25, 0.3) is 0 Å². The van der Waals surface area contributed by atoms with Gasteiger partial charge in [-0.1, -0.05) is 11.1 Å². The van der Waals surface area contributed by atoms with Gasteiger partial charge in [0.05, 0.1) is 12.7 Å². The van der Waals surface area contributed by atoms with Crippen molar-refractivity contribution in [3.63, 3.8) is 0 Å². The van der Waals surface area contributed by atoms with Crippen molar-refractivity contribution in [2.75, 3.05) is 6.54 Å². The molecule has 0 bridgehead atoms. The number of rotatable bonds is 4. The number of amides is 1. The van der Waals surface area contributed by atoms with E-state index in [1.165, 1.54) is 10.9 Å². The largest absolute Gasteiger partial charge is 0.476 e. The number of carbonyl (C=O) groups is 2. The summed E-state index contributed by atoms with van der Waals surface area (Å²) in [7, 11) is 0. The molecule has 7 heteroatoms. The number of carbonyl (C=O) groups excluding carboxylic acids is 1. The van der Waals surface area contributed by atoms with E-state index in [1.54, 1.807) is 6.92 Å². The minimum Gasteiger partial charge on any atom is -0.476 e. The van der Waals surface area contributed by atoms with Crippen LogP contribution < -0.4 is 5.32 Å². The number of nitrogens with zero attached hydrogens (tertiary/aromatic N) is 3. The van der Waals surface area contributed by atoms with Crippen LogP contribution >= 0.6 is 0 Å². The normalized spacial score (nSPS) is 9.06. The summed E-state index contributed by atoms with van der Waals surface area (Å²) < 4.78 is 1.34. The summed E-state index contributed by atoms with van der Waals surface area (Å²) >= 11 is 0. The van der Waals surface area contributed by atoms with E-state index >= 15 is 0 Å². The van der Waals surface area contributed by atoms with Crippen molar-refractivity contribution in [2.45, 2.75) is 13.5 Å². The highest BCUT2D eigenvalue weighted by atomic mass is 16.4. The predicted octanol–water partition coefficient (Wildman–Crippen LogP) is -0.884. The molecule has 1 heterocycles. The average Bonchev–Trinajstić information content (AvgIpc) is 2.67. The molecule has 16 heavy (non-hydrogen) atoms. The topological polar surface area (TPSA) is 97.1 Å². The Balaban J connectivity index is 2.39. The molecule has 0 unspecified atom stereocenters. The summed E-state index contributed by atoms with van der Waals surface area (Å²) in [6.07, 6.45) is 1.29. The SMILES string of the molecule is CC#CC(=O)NCCn1cc(C(=O)O)nn1. The third-order valence-electron chi connectivity index (χ3n) is 1.62. The van der Waals surface area contributed by atoms with Gasteiger partial charge in [0.1, 0.15) is 0 Å². The molecule has 0 aliphatic rings. The lowest BCUT2D eigenvalue weighted by Crippen LogP contribution is -2.25. The summed E-state index contributed by atoms with van der Waals surface area (Å²) in [6.45, 7) is 2.23. The Morgan fingerprint density at radius 1 is 1.62 bits per heavy atom. The van der Waals surface area contributed by atoms with Crippen molar-refractivity contribution >= 4 is 11.9 Å². The van der Waals surface area contributed by atoms with Crippen LogP contribution in [0.1, 0.15) is 17.4 Å². The van der Waals surface area contributed by atoms with Gasteiger partial charge in [0.2, 0.25) is 0 Å². The lowest BCUT2D eigenvalue weighted by Gasteiger charge is -1.99. The van der Waals surface area contributed by atoms with Gasteiger partial charge in [-0.3, -0.25) is 4.79 Å². The molecule has 0 radical (unpaired) electrons. The Labute approximate surface area is 91.4 Å². The van der Waals surface area contributed by atoms with Crippen LogP contribution in [-0.4, -0.2) is 38.5 Å². The van der Waals surface area contributed by atoms with E-state index in [9.17, 15) is 9.59 Å². The molecule has 2 N–H and O–H groups in total. The fourth-order valence-corrected chi connectivity index (χ4v) is 0.947. The molecule has 1 amide bonds. The first-order valence-electron chi connectivity index (χ1n) is 4.47. The first kappa shape index (κ1) is 11.7. The van der Waals surface area contributed by atoms with Gasteiger partial charge in [0.15, 0.2) is 5.69 Å².